The summed E-state index contributed by atoms with van der Waals surface area (Å²) >= 11 is 0. The average Bonchev–Trinajstić information content (AvgIpc) is 3.47. The molecule has 1 aliphatic carbocycles. The number of aromatic nitrogens is 5. The molecule has 0 amide bonds. The summed E-state index contributed by atoms with van der Waals surface area (Å²) in [6, 6.07) is 10.4. The van der Waals surface area contributed by atoms with Gasteiger partial charge in [0.25, 0.3) is 11.1 Å². The minimum absolute atomic E-state index is 0.187. The fraction of sp³-hybridized carbons (Fsp3) is 0.389. The lowest BCUT2D eigenvalue weighted by Crippen LogP contribution is -2.60. The Bertz CT molecular complexity index is 2110. The number of fused-ring (bicyclic) bond motifs is 3. The van der Waals surface area contributed by atoms with Crippen molar-refractivity contribution < 1.29 is 9.84 Å². The largest absolute Gasteiger partial charge is 0.392 e. The first kappa shape index (κ1) is 30.5. The maximum absolute atomic E-state index is 13.8. The van der Waals surface area contributed by atoms with E-state index in [0.29, 0.717) is 51.6 Å². The Kier molecular flexibility index (Phi) is 7.86. The highest BCUT2D eigenvalue weighted by Gasteiger charge is 2.33. The number of nitrogens with one attached hydrogen (secondary N) is 1. The summed E-state index contributed by atoms with van der Waals surface area (Å²) in [5.74, 6) is 0.914. The van der Waals surface area contributed by atoms with Gasteiger partial charge in [0.05, 0.1) is 37.7 Å². The second-order valence-electron chi connectivity index (χ2n) is 13.2. The fourth-order valence-corrected chi connectivity index (χ4v) is 7.56. The molecule has 2 saturated heterocycles. The van der Waals surface area contributed by atoms with Crippen LogP contribution in [-0.2, 0) is 31.2 Å². The number of hydrogen-bond acceptors (Lipinski definition) is 9. The van der Waals surface area contributed by atoms with E-state index in [2.05, 4.69) is 32.0 Å². The molecule has 2 N–H and O–H groups in total. The van der Waals surface area contributed by atoms with Gasteiger partial charge in [-0.15, -0.1) is 0 Å². The topological polar surface area (TPSA) is 122 Å². The van der Waals surface area contributed by atoms with Crippen molar-refractivity contribution >= 4 is 22.7 Å². The van der Waals surface area contributed by atoms with E-state index in [1.54, 1.807) is 37.8 Å². The predicted molar refractivity (Wildman–Crippen MR) is 185 cm³/mol. The Hall–Kier alpha value is -4.78. The Labute approximate surface area is 277 Å². The predicted octanol–water partition coefficient (Wildman–Crippen LogP) is 3.27. The summed E-state index contributed by atoms with van der Waals surface area (Å²) in [5, 5.41) is 13.8. The summed E-state index contributed by atoms with van der Waals surface area (Å²) in [6.07, 6.45) is 13.0. The van der Waals surface area contributed by atoms with Crippen molar-refractivity contribution in [2.45, 2.75) is 51.3 Å². The monoisotopic (exact) mass is 648 g/mol. The third-order valence-electron chi connectivity index (χ3n) is 10.2. The van der Waals surface area contributed by atoms with Crippen molar-refractivity contribution in [2.24, 2.45) is 7.05 Å². The second-order valence-corrected chi connectivity index (χ2v) is 13.2. The molecule has 248 valence electrons. The lowest BCUT2D eigenvalue weighted by molar-refractivity contribution is -0.0792. The molecule has 2 fully saturated rings. The summed E-state index contributed by atoms with van der Waals surface area (Å²) in [7, 11) is 1.69. The van der Waals surface area contributed by atoms with E-state index in [1.165, 1.54) is 20.4 Å². The molecular weight excluding hydrogens is 608 g/mol. The van der Waals surface area contributed by atoms with Gasteiger partial charge in [0.2, 0.25) is 0 Å². The lowest BCUT2D eigenvalue weighted by atomic mass is 9.98. The highest BCUT2D eigenvalue weighted by molar-refractivity contribution is 5.73. The molecule has 5 aromatic rings. The lowest BCUT2D eigenvalue weighted by Gasteiger charge is -2.47. The average molecular weight is 649 g/mol. The van der Waals surface area contributed by atoms with E-state index >= 15 is 0 Å². The molecule has 2 aliphatic heterocycles. The molecule has 5 aromatic heterocycles. The van der Waals surface area contributed by atoms with Crippen LogP contribution in [0.3, 0.4) is 0 Å². The van der Waals surface area contributed by atoms with Crippen molar-refractivity contribution in [1.29, 1.82) is 0 Å². The zero-order valence-electron chi connectivity index (χ0n) is 27.3. The van der Waals surface area contributed by atoms with Gasteiger partial charge in [0.15, 0.2) is 0 Å². The minimum Gasteiger partial charge on any atom is -0.392 e. The Morgan fingerprint density at radius 1 is 1.02 bits per heavy atom. The van der Waals surface area contributed by atoms with Crippen LogP contribution in [-0.4, -0.2) is 78.4 Å². The number of hydrogen-bond donors (Lipinski definition) is 2. The summed E-state index contributed by atoms with van der Waals surface area (Å²) in [4.78, 5) is 41.1. The quantitative estimate of drug-likeness (QED) is 0.274. The maximum atomic E-state index is 13.8. The number of aryl methyl sites for hydroxylation is 3. The first-order valence-corrected chi connectivity index (χ1v) is 16.8. The Morgan fingerprint density at radius 3 is 2.62 bits per heavy atom. The molecule has 3 aliphatic rings. The van der Waals surface area contributed by atoms with Crippen LogP contribution in [0.1, 0.15) is 36.6 Å². The molecule has 0 aromatic carbocycles. The molecule has 0 bridgehead atoms. The van der Waals surface area contributed by atoms with Gasteiger partial charge in [0.1, 0.15) is 22.8 Å². The van der Waals surface area contributed by atoms with Crippen LogP contribution in [0.5, 0.6) is 0 Å². The molecule has 0 radical (unpaired) electrons. The van der Waals surface area contributed by atoms with Crippen LogP contribution >= 0.6 is 0 Å². The van der Waals surface area contributed by atoms with Crippen LogP contribution in [0.15, 0.2) is 70.9 Å². The van der Waals surface area contributed by atoms with E-state index in [1.807, 2.05) is 35.0 Å². The van der Waals surface area contributed by atoms with Gasteiger partial charge >= 0.3 is 0 Å². The number of ether oxygens (including phenoxy) is 1. The van der Waals surface area contributed by atoms with Gasteiger partial charge in [-0.3, -0.25) is 19.1 Å². The first-order chi connectivity index (χ1) is 23.4. The second kappa shape index (κ2) is 12.3. The van der Waals surface area contributed by atoms with Crippen molar-refractivity contribution in [3.05, 3.63) is 98.8 Å². The maximum Gasteiger partial charge on any atom is 0.280 e. The van der Waals surface area contributed by atoms with Crippen molar-refractivity contribution in [3.63, 3.8) is 0 Å². The Morgan fingerprint density at radius 2 is 1.88 bits per heavy atom. The van der Waals surface area contributed by atoms with Gasteiger partial charge in [-0.2, -0.15) is 0 Å². The summed E-state index contributed by atoms with van der Waals surface area (Å²) < 4.78 is 10.4. The number of nitrogens with zero attached hydrogens (tertiary/aromatic N) is 7. The molecule has 12 heteroatoms. The van der Waals surface area contributed by atoms with Crippen LogP contribution in [0, 0.1) is 0 Å². The van der Waals surface area contributed by atoms with Crippen LogP contribution in [0.2, 0.25) is 0 Å². The van der Waals surface area contributed by atoms with Crippen LogP contribution in [0.4, 0.5) is 17.2 Å². The fourth-order valence-electron chi connectivity index (χ4n) is 7.56. The number of rotatable bonds is 7. The Balaban J connectivity index is 1.07. The van der Waals surface area contributed by atoms with Gasteiger partial charge in [-0.05, 0) is 74.1 Å². The molecule has 8 rings (SSSR count). The molecule has 7 heterocycles. The third kappa shape index (κ3) is 5.29. The number of piperazine rings is 1. The van der Waals surface area contributed by atoms with Crippen LogP contribution in [0.25, 0.3) is 22.5 Å². The third-order valence-corrected chi connectivity index (χ3v) is 10.2. The SMILES string of the molecule is C[C@@H]1CN(c2ccc(Nc3cc(-c4ccnc(-n5ccn6c7c(cc6c5=O)CCCC7)c4CO)cn(C)c3=O)nc2)CCN1C1COC1. The van der Waals surface area contributed by atoms with E-state index in [0.717, 1.165) is 64.2 Å². The molecule has 0 spiro atoms. The summed E-state index contributed by atoms with van der Waals surface area (Å²) in [6.45, 7) is 6.39. The van der Waals surface area contributed by atoms with Gasteiger partial charge in [-0.1, -0.05) is 0 Å². The van der Waals surface area contributed by atoms with Crippen molar-refractivity contribution in [2.75, 3.05) is 43.1 Å². The highest BCUT2D eigenvalue weighted by atomic mass is 16.5. The standard InChI is InChI=1S/C36H40N8O4/c1-23-18-41(11-12-42(23)27-21-48-22-27)26-7-8-33(38-17-26)39-30-15-25(19-40(2)35(30)46)28-9-10-37-34(29(28)20-45)44-14-13-43-31-6-4-3-5-24(31)16-32(43)36(44)47/h7-10,13-17,19,23,27,45H,3-6,11-12,18,20-22H2,1-2H3,(H,38,39)/t23-/m1/s1. The number of pyridine rings is 3. The zero-order chi connectivity index (χ0) is 32.9. The smallest absolute Gasteiger partial charge is 0.280 e. The molecule has 1 atom stereocenters. The highest BCUT2D eigenvalue weighted by Crippen LogP contribution is 2.30. The van der Waals surface area contributed by atoms with E-state index in [4.69, 9.17) is 4.74 Å². The molecule has 0 unspecified atom stereocenters. The molecular formula is C36H40N8O4. The number of aliphatic hydroxyl groups is 1. The van der Waals surface area contributed by atoms with Crippen molar-refractivity contribution in [3.8, 4) is 16.9 Å². The first-order valence-electron chi connectivity index (χ1n) is 16.8. The molecule has 0 saturated carbocycles. The van der Waals surface area contributed by atoms with Gasteiger partial charge in [-0.25, -0.2) is 9.97 Å². The van der Waals surface area contributed by atoms with E-state index in [9.17, 15) is 14.7 Å². The number of aliphatic hydroxyl groups excluding tert-OH is 1. The molecule has 12 nitrogen and oxygen atoms in total. The van der Waals surface area contributed by atoms with E-state index in [-0.39, 0.29) is 17.7 Å². The number of anilines is 3. The molecule has 48 heavy (non-hydrogen) atoms. The van der Waals surface area contributed by atoms with Gasteiger partial charge < -0.3 is 29.0 Å². The van der Waals surface area contributed by atoms with E-state index < -0.39 is 0 Å². The minimum atomic E-state index is -0.344. The normalized spacial score (nSPS) is 18.6. The van der Waals surface area contributed by atoms with Gasteiger partial charge in [0, 0.05) is 74.3 Å². The zero-order valence-corrected chi connectivity index (χ0v) is 27.3. The van der Waals surface area contributed by atoms with Crippen LogP contribution < -0.4 is 21.3 Å². The van der Waals surface area contributed by atoms with Crippen molar-refractivity contribution in [1.82, 2.24) is 28.4 Å². The summed E-state index contributed by atoms with van der Waals surface area (Å²) in [5.41, 5.74) is 5.88.